The SMILES string of the molecule is CCC1CCCC(Oc2ccc(CC(C)N)cc2Br)C1. The van der Waals surface area contributed by atoms with E-state index in [0.29, 0.717) is 6.10 Å². The Kier molecular flexibility index (Phi) is 5.91. The molecule has 3 unspecified atom stereocenters. The van der Waals surface area contributed by atoms with Crippen molar-refractivity contribution < 1.29 is 4.74 Å². The first kappa shape index (κ1) is 15.8. The standard InChI is InChI=1S/C17H26BrNO/c1-3-13-5-4-6-15(10-13)20-17-8-7-14(9-12(2)19)11-16(17)18/h7-8,11-13,15H,3-6,9-10,19H2,1-2H3. The highest BCUT2D eigenvalue weighted by atomic mass is 79.9. The molecule has 0 spiro atoms. The Morgan fingerprint density at radius 2 is 2.20 bits per heavy atom. The summed E-state index contributed by atoms with van der Waals surface area (Å²) in [5.74, 6) is 1.81. The Morgan fingerprint density at radius 3 is 2.85 bits per heavy atom. The van der Waals surface area contributed by atoms with E-state index < -0.39 is 0 Å². The van der Waals surface area contributed by atoms with Gasteiger partial charge in [-0.3, -0.25) is 0 Å². The van der Waals surface area contributed by atoms with Gasteiger partial charge in [0.2, 0.25) is 0 Å². The Balaban J connectivity index is 1.98. The molecule has 0 saturated heterocycles. The van der Waals surface area contributed by atoms with Crippen molar-refractivity contribution in [3.63, 3.8) is 0 Å². The molecule has 0 bridgehead atoms. The number of hydrogen-bond donors (Lipinski definition) is 1. The maximum atomic E-state index is 6.20. The van der Waals surface area contributed by atoms with Crippen molar-refractivity contribution >= 4 is 15.9 Å². The number of benzene rings is 1. The van der Waals surface area contributed by atoms with Crippen molar-refractivity contribution in [3.05, 3.63) is 28.2 Å². The average molecular weight is 340 g/mol. The Morgan fingerprint density at radius 1 is 1.40 bits per heavy atom. The summed E-state index contributed by atoms with van der Waals surface area (Å²) >= 11 is 3.63. The maximum Gasteiger partial charge on any atom is 0.133 e. The van der Waals surface area contributed by atoms with E-state index in [4.69, 9.17) is 10.5 Å². The minimum atomic E-state index is 0.192. The van der Waals surface area contributed by atoms with Crippen molar-refractivity contribution in [3.8, 4) is 5.75 Å². The number of hydrogen-bond acceptors (Lipinski definition) is 2. The fourth-order valence-corrected chi connectivity index (χ4v) is 3.56. The normalized spacial score (nSPS) is 24.4. The van der Waals surface area contributed by atoms with Crippen LogP contribution in [-0.2, 0) is 6.42 Å². The van der Waals surface area contributed by atoms with Crippen LogP contribution in [0, 0.1) is 5.92 Å². The zero-order valence-corrected chi connectivity index (χ0v) is 14.2. The second-order valence-electron chi connectivity index (χ2n) is 6.13. The average Bonchev–Trinajstić information content (AvgIpc) is 2.41. The first-order chi connectivity index (χ1) is 9.58. The maximum absolute atomic E-state index is 6.20. The van der Waals surface area contributed by atoms with Crippen LogP contribution in [0.5, 0.6) is 5.75 Å². The number of nitrogens with two attached hydrogens (primary N) is 1. The predicted molar refractivity (Wildman–Crippen MR) is 88.2 cm³/mol. The van der Waals surface area contributed by atoms with Gasteiger partial charge in [-0.05, 0) is 72.2 Å². The van der Waals surface area contributed by atoms with Gasteiger partial charge in [0.15, 0.2) is 0 Å². The monoisotopic (exact) mass is 339 g/mol. The molecule has 0 aromatic heterocycles. The zero-order valence-electron chi connectivity index (χ0n) is 12.6. The summed E-state index contributed by atoms with van der Waals surface area (Å²) in [6, 6.07) is 6.54. The highest BCUT2D eigenvalue weighted by Gasteiger charge is 2.22. The smallest absolute Gasteiger partial charge is 0.133 e. The molecule has 0 aliphatic heterocycles. The summed E-state index contributed by atoms with van der Waals surface area (Å²) in [5, 5.41) is 0. The fraction of sp³-hybridized carbons (Fsp3) is 0.647. The van der Waals surface area contributed by atoms with Crippen LogP contribution in [0.4, 0.5) is 0 Å². The van der Waals surface area contributed by atoms with Crippen LogP contribution < -0.4 is 10.5 Å². The van der Waals surface area contributed by atoms with Crippen LogP contribution in [-0.4, -0.2) is 12.1 Å². The third-order valence-corrected chi connectivity index (χ3v) is 4.78. The number of halogens is 1. The lowest BCUT2D eigenvalue weighted by molar-refractivity contribution is 0.121. The molecule has 1 aliphatic rings. The third kappa shape index (κ3) is 4.49. The second-order valence-corrected chi connectivity index (χ2v) is 6.98. The van der Waals surface area contributed by atoms with Gasteiger partial charge in [-0.15, -0.1) is 0 Å². The van der Waals surface area contributed by atoms with Gasteiger partial charge in [-0.1, -0.05) is 25.8 Å². The van der Waals surface area contributed by atoms with Crippen LogP contribution in [0.1, 0.15) is 51.5 Å². The van der Waals surface area contributed by atoms with Crippen molar-refractivity contribution in [1.82, 2.24) is 0 Å². The molecule has 1 aromatic rings. The van der Waals surface area contributed by atoms with Crippen LogP contribution >= 0.6 is 15.9 Å². The van der Waals surface area contributed by atoms with Gasteiger partial charge in [0.05, 0.1) is 10.6 Å². The molecule has 0 amide bonds. The van der Waals surface area contributed by atoms with E-state index in [-0.39, 0.29) is 6.04 Å². The summed E-state index contributed by atoms with van der Waals surface area (Å²) in [7, 11) is 0. The van der Waals surface area contributed by atoms with Gasteiger partial charge in [-0.2, -0.15) is 0 Å². The summed E-state index contributed by atoms with van der Waals surface area (Å²) in [4.78, 5) is 0. The van der Waals surface area contributed by atoms with Gasteiger partial charge in [0.1, 0.15) is 5.75 Å². The minimum Gasteiger partial charge on any atom is -0.489 e. The lowest BCUT2D eigenvalue weighted by atomic mass is 9.85. The van der Waals surface area contributed by atoms with Gasteiger partial charge < -0.3 is 10.5 Å². The van der Waals surface area contributed by atoms with E-state index in [1.807, 2.05) is 6.92 Å². The molecule has 2 nitrogen and oxygen atoms in total. The van der Waals surface area contributed by atoms with Crippen molar-refractivity contribution in [2.75, 3.05) is 0 Å². The minimum absolute atomic E-state index is 0.192. The van der Waals surface area contributed by atoms with E-state index in [9.17, 15) is 0 Å². The largest absolute Gasteiger partial charge is 0.489 e. The molecular weight excluding hydrogens is 314 g/mol. The molecule has 1 aliphatic carbocycles. The van der Waals surface area contributed by atoms with Crippen LogP contribution in [0.2, 0.25) is 0 Å². The Labute approximate surface area is 131 Å². The highest BCUT2D eigenvalue weighted by molar-refractivity contribution is 9.10. The molecule has 1 saturated carbocycles. The molecule has 1 aromatic carbocycles. The van der Waals surface area contributed by atoms with Crippen molar-refractivity contribution in [1.29, 1.82) is 0 Å². The van der Waals surface area contributed by atoms with Gasteiger partial charge in [0, 0.05) is 6.04 Å². The molecule has 0 radical (unpaired) electrons. The van der Waals surface area contributed by atoms with Gasteiger partial charge >= 0.3 is 0 Å². The number of rotatable bonds is 5. The Hall–Kier alpha value is -0.540. The molecule has 1 fully saturated rings. The molecule has 3 atom stereocenters. The van der Waals surface area contributed by atoms with Gasteiger partial charge in [-0.25, -0.2) is 0 Å². The molecular formula is C17H26BrNO. The molecule has 20 heavy (non-hydrogen) atoms. The number of ether oxygens (including phenoxy) is 1. The molecule has 0 heterocycles. The van der Waals surface area contributed by atoms with Crippen LogP contribution in [0.25, 0.3) is 0 Å². The van der Waals surface area contributed by atoms with E-state index in [1.54, 1.807) is 0 Å². The topological polar surface area (TPSA) is 35.2 Å². The molecule has 3 heteroatoms. The van der Waals surface area contributed by atoms with Crippen molar-refractivity contribution in [2.45, 2.75) is 64.5 Å². The molecule has 112 valence electrons. The fourth-order valence-electron chi connectivity index (χ4n) is 3.04. The van der Waals surface area contributed by atoms with Crippen LogP contribution in [0.3, 0.4) is 0 Å². The summed E-state index contributed by atoms with van der Waals surface area (Å²) in [6.07, 6.45) is 7.60. The summed E-state index contributed by atoms with van der Waals surface area (Å²) in [6.45, 7) is 4.32. The lowest BCUT2D eigenvalue weighted by Gasteiger charge is -2.29. The molecule has 2 rings (SSSR count). The molecule has 2 N–H and O–H groups in total. The highest BCUT2D eigenvalue weighted by Crippen LogP contribution is 2.33. The summed E-state index contributed by atoms with van der Waals surface area (Å²) < 4.78 is 7.25. The first-order valence-corrected chi connectivity index (χ1v) is 8.58. The van der Waals surface area contributed by atoms with E-state index in [1.165, 1.54) is 37.7 Å². The van der Waals surface area contributed by atoms with E-state index in [2.05, 4.69) is 41.1 Å². The Bertz CT molecular complexity index is 433. The third-order valence-electron chi connectivity index (χ3n) is 4.16. The first-order valence-electron chi connectivity index (χ1n) is 7.79. The van der Waals surface area contributed by atoms with Crippen LogP contribution in [0.15, 0.2) is 22.7 Å². The van der Waals surface area contributed by atoms with Gasteiger partial charge in [0.25, 0.3) is 0 Å². The quantitative estimate of drug-likeness (QED) is 0.844. The summed E-state index contributed by atoms with van der Waals surface area (Å²) in [5.41, 5.74) is 7.10. The second kappa shape index (κ2) is 7.46. The predicted octanol–water partition coefficient (Wildman–Crippen LogP) is 4.69. The lowest BCUT2D eigenvalue weighted by Crippen LogP contribution is -2.25. The zero-order chi connectivity index (χ0) is 14.5. The van der Waals surface area contributed by atoms with Crippen molar-refractivity contribution in [2.24, 2.45) is 11.7 Å². The van der Waals surface area contributed by atoms with E-state index >= 15 is 0 Å². The van der Waals surface area contributed by atoms with E-state index in [0.717, 1.165) is 22.6 Å².